The van der Waals surface area contributed by atoms with Gasteiger partial charge < -0.3 is 15.5 Å². The van der Waals surface area contributed by atoms with Crippen LogP contribution in [0.3, 0.4) is 0 Å². The highest BCUT2D eigenvalue weighted by atomic mass is 35.5. The fraction of sp³-hybridized carbons (Fsp3) is 0.423. The number of benzene rings is 1. The van der Waals surface area contributed by atoms with E-state index >= 15 is 0 Å². The Morgan fingerprint density at radius 3 is 2.74 bits per heavy atom. The molecular formula is C26H30ClN7O. The number of anilines is 2. The molecular weight excluding hydrogens is 462 g/mol. The second-order valence-corrected chi connectivity index (χ2v) is 9.82. The number of carbonyl (C=O) groups excluding carboxylic acids is 1. The summed E-state index contributed by atoms with van der Waals surface area (Å²) in [7, 11) is 0. The van der Waals surface area contributed by atoms with Crippen LogP contribution in [0.25, 0.3) is 11.4 Å². The smallest absolute Gasteiger partial charge is 0.230 e. The maximum atomic E-state index is 12.3. The number of hydrogen-bond acceptors (Lipinski definition) is 7. The Hall–Kier alpha value is -3.10. The molecule has 0 radical (unpaired) electrons. The Labute approximate surface area is 210 Å². The van der Waals surface area contributed by atoms with Gasteiger partial charge in [0.2, 0.25) is 11.9 Å². The molecule has 8 bridgehead atoms. The van der Waals surface area contributed by atoms with Crippen LogP contribution in [-0.4, -0.2) is 56.9 Å². The van der Waals surface area contributed by atoms with E-state index in [2.05, 4.69) is 41.5 Å². The SMILES string of the molecule is O=C1CCN2CCC(CC2)Cc2cc(Cl)cc(c2)Nc2ncnc(n2)-c2cncc(c2)CCCN1. The van der Waals surface area contributed by atoms with Crippen LogP contribution in [0.4, 0.5) is 11.6 Å². The normalized spacial score (nSPS) is 21.2. The number of nitrogens with zero attached hydrogens (tertiary/aromatic N) is 5. The lowest BCUT2D eigenvalue weighted by Gasteiger charge is -2.32. The predicted octanol–water partition coefficient (Wildman–Crippen LogP) is 4.04. The van der Waals surface area contributed by atoms with Crippen molar-refractivity contribution in [3.63, 3.8) is 0 Å². The summed E-state index contributed by atoms with van der Waals surface area (Å²) < 4.78 is 0. The van der Waals surface area contributed by atoms with E-state index in [4.69, 9.17) is 11.6 Å². The van der Waals surface area contributed by atoms with Gasteiger partial charge in [0, 0.05) is 48.2 Å². The molecule has 5 heterocycles. The summed E-state index contributed by atoms with van der Waals surface area (Å²) in [5, 5.41) is 7.05. The van der Waals surface area contributed by atoms with Crippen LogP contribution in [0.15, 0.2) is 43.0 Å². The molecule has 0 unspecified atom stereocenters. The van der Waals surface area contributed by atoms with Gasteiger partial charge in [0.15, 0.2) is 5.82 Å². The van der Waals surface area contributed by atoms with E-state index in [1.54, 1.807) is 6.20 Å². The van der Waals surface area contributed by atoms with Crippen molar-refractivity contribution in [2.24, 2.45) is 5.92 Å². The molecule has 3 aliphatic rings. The minimum Gasteiger partial charge on any atom is -0.356 e. The molecule has 0 aliphatic carbocycles. The number of nitrogens with one attached hydrogen (secondary N) is 2. The third-order valence-corrected chi connectivity index (χ3v) is 6.91. The number of carbonyl (C=O) groups is 1. The molecule has 2 N–H and O–H groups in total. The summed E-state index contributed by atoms with van der Waals surface area (Å²) in [6.45, 7) is 3.53. The van der Waals surface area contributed by atoms with E-state index in [0.29, 0.717) is 35.7 Å². The molecule has 3 aliphatic heterocycles. The van der Waals surface area contributed by atoms with E-state index in [9.17, 15) is 4.79 Å². The van der Waals surface area contributed by atoms with E-state index in [1.807, 2.05) is 24.4 Å². The van der Waals surface area contributed by atoms with Crippen molar-refractivity contribution in [3.05, 3.63) is 59.1 Å². The number of rotatable bonds is 0. The second-order valence-electron chi connectivity index (χ2n) is 9.38. The fourth-order valence-corrected chi connectivity index (χ4v) is 5.09. The molecule has 35 heavy (non-hydrogen) atoms. The van der Waals surface area contributed by atoms with Gasteiger partial charge in [0.1, 0.15) is 6.33 Å². The van der Waals surface area contributed by atoms with Gasteiger partial charge in [-0.1, -0.05) is 11.6 Å². The molecule has 1 saturated heterocycles. The van der Waals surface area contributed by atoms with Gasteiger partial charge in [0.25, 0.3) is 0 Å². The maximum absolute atomic E-state index is 12.3. The highest BCUT2D eigenvalue weighted by Crippen LogP contribution is 2.27. The zero-order valence-electron chi connectivity index (χ0n) is 19.7. The third-order valence-electron chi connectivity index (χ3n) is 6.69. The molecule has 9 heteroatoms. The minimum atomic E-state index is 0.123. The zero-order valence-corrected chi connectivity index (χ0v) is 20.5. The number of fused-ring (bicyclic) bond motifs is 8. The number of halogens is 1. The van der Waals surface area contributed by atoms with Gasteiger partial charge in [-0.15, -0.1) is 0 Å². The molecule has 1 aromatic carbocycles. The number of piperidine rings is 1. The Bertz CT molecular complexity index is 1180. The summed E-state index contributed by atoms with van der Waals surface area (Å²) in [5.41, 5.74) is 3.97. The standard InChI is InChI=1S/C26H30ClN7O/c27-22-12-20-10-18-3-7-34(8-4-18)9-5-24(35)29-6-1-2-19-11-21(16-28-15-19)25-30-17-31-26(33-25)32-23(13-20)14-22/h11-18H,1-10H2,(H,29,35)(H,30,31,32,33). The van der Waals surface area contributed by atoms with Crippen LogP contribution >= 0.6 is 11.6 Å². The molecule has 0 atom stereocenters. The Kier molecular flexibility index (Phi) is 7.49. The summed E-state index contributed by atoms with van der Waals surface area (Å²) in [6, 6.07) is 8.10. The molecule has 3 aromatic rings. The Balaban J connectivity index is 1.40. The molecule has 0 saturated carbocycles. The van der Waals surface area contributed by atoms with Crippen molar-refractivity contribution in [1.82, 2.24) is 30.2 Å². The lowest BCUT2D eigenvalue weighted by atomic mass is 9.90. The van der Waals surface area contributed by atoms with E-state index in [-0.39, 0.29) is 5.91 Å². The van der Waals surface area contributed by atoms with Crippen molar-refractivity contribution in [2.45, 2.75) is 38.5 Å². The van der Waals surface area contributed by atoms with Gasteiger partial charge >= 0.3 is 0 Å². The number of hydrogen-bond donors (Lipinski definition) is 2. The topological polar surface area (TPSA) is 95.9 Å². The minimum absolute atomic E-state index is 0.123. The average molecular weight is 492 g/mol. The maximum Gasteiger partial charge on any atom is 0.230 e. The number of aryl methyl sites for hydroxylation is 1. The summed E-state index contributed by atoms with van der Waals surface area (Å²) in [6.07, 6.45) is 10.5. The van der Waals surface area contributed by atoms with Gasteiger partial charge in [-0.2, -0.15) is 4.98 Å². The van der Waals surface area contributed by atoms with Crippen LogP contribution in [-0.2, 0) is 17.6 Å². The van der Waals surface area contributed by atoms with Crippen molar-refractivity contribution >= 4 is 29.1 Å². The van der Waals surface area contributed by atoms with E-state index in [1.165, 1.54) is 11.9 Å². The van der Waals surface area contributed by atoms with Crippen LogP contribution in [0.1, 0.15) is 36.8 Å². The first-order valence-corrected chi connectivity index (χ1v) is 12.7. The van der Waals surface area contributed by atoms with Gasteiger partial charge in [-0.25, -0.2) is 9.97 Å². The van der Waals surface area contributed by atoms with Crippen molar-refractivity contribution < 1.29 is 4.79 Å². The van der Waals surface area contributed by atoms with Crippen LogP contribution in [0.2, 0.25) is 5.02 Å². The summed E-state index contributed by atoms with van der Waals surface area (Å²) in [4.78, 5) is 32.4. The first-order valence-electron chi connectivity index (χ1n) is 12.3. The van der Waals surface area contributed by atoms with E-state index < -0.39 is 0 Å². The lowest BCUT2D eigenvalue weighted by Crippen LogP contribution is -2.37. The van der Waals surface area contributed by atoms with Crippen molar-refractivity contribution in [2.75, 3.05) is 31.5 Å². The van der Waals surface area contributed by atoms with Crippen molar-refractivity contribution in [1.29, 1.82) is 0 Å². The Morgan fingerprint density at radius 2 is 1.86 bits per heavy atom. The monoisotopic (exact) mass is 491 g/mol. The lowest BCUT2D eigenvalue weighted by molar-refractivity contribution is -0.121. The molecule has 6 rings (SSSR count). The number of pyridine rings is 1. The van der Waals surface area contributed by atoms with Crippen LogP contribution in [0, 0.1) is 5.92 Å². The van der Waals surface area contributed by atoms with Gasteiger partial charge in [-0.3, -0.25) is 9.78 Å². The molecule has 2 aromatic heterocycles. The van der Waals surface area contributed by atoms with Gasteiger partial charge in [0.05, 0.1) is 0 Å². The fourth-order valence-electron chi connectivity index (χ4n) is 4.83. The highest BCUT2D eigenvalue weighted by Gasteiger charge is 2.20. The number of amides is 1. The van der Waals surface area contributed by atoms with Gasteiger partial charge in [-0.05, 0) is 86.5 Å². The first kappa shape index (κ1) is 23.6. The third kappa shape index (κ3) is 6.52. The molecule has 1 amide bonds. The highest BCUT2D eigenvalue weighted by molar-refractivity contribution is 6.31. The molecule has 0 spiro atoms. The summed E-state index contributed by atoms with van der Waals surface area (Å²) >= 11 is 6.46. The van der Waals surface area contributed by atoms with E-state index in [0.717, 1.165) is 68.6 Å². The quantitative estimate of drug-likeness (QED) is 0.490. The molecule has 8 nitrogen and oxygen atoms in total. The second kappa shape index (κ2) is 11.1. The zero-order chi connectivity index (χ0) is 24.0. The average Bonchev–Trinajstić information content (AvgIpc) is 2.86. The van der Waals surface area contributed by atoms with Crippen LogP contribution < -0.4 is 10.6 Å². The first-order chi connectivity index (χ1) is 17.1. The van der Waals surface area contributed by atoms with Crippen molar-refractivity contribution in [3.8, 4) is 11.4 Å². The summed E-state index contributed by atoms with van der Waals surface area (Å²) in [5.74, 6) is 1.75. The largest absolute Gasteiger partial charge is 0.356 e. The number of aromatic nitrogens is 4. The molecule has 1 fully saturated rings. The van der Waals surface area contributed by atoms with Crippen LogP contribution in [0.5, 0.6) is 0 Å². The molecule has 182 valence electrons. The predicted molar refractivity (Wildman–Crippen MR) is 137 cm³/mol. The Morgan fingerprint density at radius 1 is 0.971 bits per heavy atom.